The van der Waals surface area contributed by atoms with E-state index >= 15 is 0 Å². The second-order valence-electron chi connectivity index (χ2n) is 6.44. The first-order valence-corrected chi connectivity index (χ1v) is 7.89. The van der Waals surface area contributed by atoms with Gasteiger partial charge in [0.15, 0.2) is 0 Å². The molecule has 0 heterocycles. The Morgan fingerprint density at radius 2 is 1.89 bits per heavy atom. The first-order chi connectivity index (χ1) is 9.11. The van der Waals surface area contributed by atoms with Gasteiger partial charge in [-0.05, 0) is 62.3 Å². The number of benzene rings is 1. The van der Waals surface area contributed by atoms with E-state index < -0.39 is 0 Å². The molecule has 1 heteroatoms. The van der Waals surface area contributed by atoms with E-state index in [1.165, 1.54) is 36.8 Å². The third-order valence-corrected chi connectivity index (χ3v) is 4.95. The molecule has 0 atom stereocenters. The molecule has 1 N–H and O–H groups in total. The topological polar surface area (TPSA) is 12.0 Å². The van der Waals surface area contributed by atoms with E-state index in [-0.39, 0.29) is 0 Å². The van der Waals surface area contributed by atoms with Gasteiger partial charge in [0.05, 0.1) is 0 Å². The van der Waals surface area contributed by atoms with Crippen LogP contribution < -0.4 is 5.32 Å². The van der Waals surface area contributed by atoms with Crippen molar-refractivity contribution in [2.24, 2.45) is 5.92 Å². The van der Waals surface area contributed by atoms with Crippen LogP contribution in [0, 0.1) is 19.8 Å². The van der Waals surface area contributed by atoms with Crippen molar-refractivity contribution in [1.82, 2.24) is 5.32 Å². The van der Waals surface area contributed by atoms with Gasteiger partial charge in [-0.25, -0.2) is 0 Å². The average molecular weight is 259 g/mol. The third kappa shape index (κ3) is 3.02. The summed E-state index contributed by atoms with van der Waals surface area (Å²) in [5.74, 6) is 0.935. The predicted molar refractivity (Wildman–Crippen MR) is 83.8 cm³/mol. The highest BCUT2D eigenvalue weighted by atomic mass is 14.9. The minimum absolute atomic E-state index is 0.411. The van der Waals surface area contributed by atoms with Crippen LogP contribution in [0.3, 0.4) is 0 Å². The predicted octanol–water partition coefficient (Wildman–Crippen LogP) is 4.36. The van der Waals surface area contributed by atoms with Gasteiger partial charge in [-0.3, -0.25) is 0 Å². The molecule has 0 bridgehead atoms. The van der Waals surface area contributed by atoms with Crippen molar-refractivity contribution in [2.45, 2.75) is 58.8 Å². The molecule has 1 aliphatic carbocycles. The Balaban J connectivity index is 2.15. The summed E-state index contributed by atoms with van der Waals surface area (Å²) in [6.07, 6.45) is 5.28. The summed E-state index contributed by atoms with van der Waals surface area (Å²) in [6, 6.07) is 7.09. The van der Waals surface area contributed by atoms with E-state index in [0.717, 1.165) is 19.0 Å². The Morgan fingerprint density at radius 1 is 1.16 bits per heavy atom. The summed E-state index contributed by atoms with van der Waals surface area (Å²) >= 11 is 0. The highest BCUT2D eigenvalue weighted by Crippen LogP contribution is 2.49. The van der Waals surface area contributed by atoms with Crippen LogP contribution >= 0.6 is 0 Å². The average Bonchev–Trinajstić information content (AvgIpc) is 2.36. The van der Waals surface area contributed by atoms with E-state index in [1.807, 2.05) is 0 Å². The molecule has 1 fully saturated rings. The first-order valence-electron chi connectivity index (χ1n) is 7.89. The quantitative estimate of drug-likeness (QED) is 0.748. The van der Waals surface area contributed by atoms with E-state index in [0.29, 0.717) is 5.41 Å². The lowest BCUT2D eigenvalue weighted by molar-refractivity contribution is 0.134. The molecular formula is C18H29N. The molecule has 1 aliphatic rings. The lowest BCUT2D eigenvalue weighted by Gasteiger charge is -2.49. The van der Waals surface area contributed by atoms with Crippen LogP contribution in [0.25, 0.3) is 0 Å². The molecule has 1 saturated carbocycles. The molecule has 0 aromatic heterocycles. The van der Waals surface area contributed by atoms with Crippen molar-refractivity contribution in [3.05, 3.63) is 34.9 Å². The van der Waals surface area contributed by atoms with Crippen LogP contribution in [-0.2, 0) is 5.41 Å². The third-order valence-electron chi connectivity index (χ3n) is 4.95. The SMILES string of the molecule is CCCNCC1(c2ccc(C)c(C)c2)CC(CC)C1. The zero-order chi connectivity index (χ0) is 13.9. The monoisotopic (exact) mass is 259 g/mol. The fraction of sp³-hybridized carbons (Fsp3) is 0.667. The lowest BCUT2D eigenvalue weighted by atomic mass is 9.57. The van der Waals surface area contributed by atoms with Crippen LogP contribution in [0.1, 0.15) is 56.2 Å². The largest absolute Gasteiger partial charge is 0.316 e. The molecule has 0 unspecified atom stereocenters. The maximum Gasteiger partial charge on any atom is 0.00831 e. The molecule has 1 aromatic rings. The molecular weight excluding hydrogens is 230 g/mol. The summed E-state index contributed by atoms with van der Waals surface area (Å²) < 4.78 is 0. The molecule has 2 rings (SSSR count). The van der Waals surface area contributed by atoms with Crippen molar-refractivity contribution in [3.8, 4) is 0 Å². The summed E-state index contributed by atoms with van der Waals surface area (Å²) in [5.41, 5.74) is 4.82. The Labute approximate surface area is 118 Å². The summed E-state index contributed by atoms with van der Waals surface area (Å²) in [6.45, 7) is 11.3. The minimum atomic E-state index is 0.411. The standard InChI is InChI=1S/C18H29N/c1-5-9-19-13-18(11-16(6-2)12-18)17-8-7-14(3)15(4)10-17/h7-8,10,16,19H,5-6,9,11-13H2,1-4H3. The highest BCUT2D eigenvalue weighted by molar-refractivity contribution is 5.37. The highest BCUT2D eigenvalue weighted by Gasteiger charge is 2.44. The van der Waals surface area contributed by atoms with Crippen LogP contribution in [0.5, 0.6) is 0 Å². The minimum Gasteiger partial charge on any atom is -0.316 e. The van der Waals surface area contributed by atoms with Crippen molar-refractivity contribution in [1.29, 1.82) is 0 Å². The van der Waals surface area contributed by atoms with Crippen LogP contribution in [-0.4, -0.2) is 13.1 Å². The fourth-order valence-electron chi connectivity index (χ4n) is 3.39. The molecule has 0 spiro atoms. The molecule has 0 aliphatic heterocycles. The molecule has 1 aromatic carbocycles. The normalized spacial score (nSPS) is 26.2. The summed E-state index contributed by atoms with van der Waals surface area (Å²) in [5, 5.41) is 3.66. The van der Waals surface area contributed by atoms with Gasteiger partial charge in [0.2, 0.25) is 0 Å². The molecule has 0 saturated heterocycles. The van der Waals surface area contributed by atoms with E-state index in [4.69, 9.17) is 0 Å². The van der Waals surface area contributed by atoms with Gasteiger partial charge in [0, 0.05) is 12.0 Å². The zero-order valence-corrected chi connectivity index (χ0v) is 13.1. The molecule has 0 amide bonds. The Kier molecular flexibility index (Phi) is 4.67. The van der Waals surface area contributed by atoms with Crippen LogP contribution in [0.2, 0.25) is 0 Å². The molecule has 19 heavy (non-hydrogen) atoms. The zero-order valence-electron chi connectivity index (χ0n) is 13.1. The number of aryl methyl sites for hydroxylation is 2. The smallest absolute Gasteiger partial charge is 0.00831 e. The molecule has 106 valence electrons. The number of hydrogen-bond acceptors (Lipinski definition) is 1. The Hall–Kier alpha value is -0.820. The maximum atomic E-state index is 3.66. The molecule has 1 nitrogen and oxygen atoms in total. The van der Waals surface area contributed by atoms with E-state index in [2.05, 4.69) is 51.2 Å². The number of rotatable bonds is 6. The van der Waals surface area contributed by atoms with Crippen LogP contribution in [0.4, 0.5) is 0 Å². The van der Waals surface area contributed by atoms with Gasteiger partial charge in [-0.15, -0.1) is 0 Å². The first kappa shape index (κ1) is 14.6. The van der Waals surface area contributed by atoms with Gasteiger partial charge >= 0.3 is 0 Å². The summed E-state index contributed by atoms with van der Waals surface area (Å²) in [7, 11) is 0. The molecule has 0 radical (unpaired) electrons. The van der Waals surface area contributed by atoms with Gasteiger partial charge in [-0.2, -0.15) is 0 Å². The van der Waals surface area contributed by atoms with Crippen molar-refractivity contribution >= 4 is 0 Å². The Morgan fingerprint density at radius 3 is 2.47 bits per heavy atom. The van der Waals surface area contributed by atoms with Crippen molar-refractivity contribution in [3.63, 3.8) is 0 Å². The number of nitrogens with one attached hydrogen (secondary N) is 1. The second-order valence-corrected chi connectivity index (χ2v) is 6.44. The van der Waals surface area contributed by atoms with Crippen LogP contribution in [0.15, 0.2) is 18.2 Å². The number of hydrogen-bond donors (Lipinski definition) is 1. The van der Waals surface area contributed by atoms with Gasteiger partial charge < -0.3 is 5.32 Å². The summed E-state index contributed by atoms with van der Waals surface area (Å²) in [4.78, 5) is 0. The second kappa shape index (κ2) is 6.09. The fourth-order valence-corrected chi connectivity index (χ4v) is 3.39. The van der Waals surface area contributed by atoms with Crippen molar-refractivity contribution < 1.29 is 0 Å². The van der Waals surface area contributed by atoms with Gasteiger partial charge in [0.1, 0.15) is 0 Å². The maximum absolute atomic E-state index is 3.66. The van der Waals surface area contributed by atoms with Gasteiger partial charge in [0.25, 0.3) is 0 Å². The van der Waals surface area contributed by atoms with Gasteiger partial charge in [-0.1, -0.05) is 38.5 Å². The van der Waals surface area contributed by atoms with Crippen molar-refractivity contribution in [2.75, 3.05) is 13.1 Å². The van der Waals surface area contributed by atoms with E-state index in [9.17, 15) is 0 Å². The van der Waals surface area contributed by atoms with E-state index in [1.54, 1.807) is 5.56 Å². The lowest BCUT2D eigenvalue weighted by Crippen LogP contribution is -2.48. The Bertz CT molecular complexity index is 416.